The van der Waals surface area contributed by atoms with E-state index in [0.29, 0.717) is 5.69 Å². The summed E-state index contributed by atoms with van der Waals surface area (Å²) in [6.45, 7) is -0.366. The molecule has 4 rings (SSSR count). The SMILES string of the molecule is Nc1ccc(C(=O)N[C@@H](CCC(=O)O)C(=O)N(Cc2cnc3[nH]c(N)nc(=O)c3n2)c2ccc(C(=O)N[C@@H](CCC(=O)O)C(=O)O)cc2)cc1. The molecular formula is C31H31N9O10. The molecule has 2 aromatic carbocycles. The molecule has 10 N–H and O–H groups in total. The molecule has 0 saturated heterocycles. The Bertz CT molecular complexity index is 2000. The number of carboxylic acids is 3. The number of hydrogen-bond donors (Lipinski definition) is 8. The molecule has 4 aromatic rings. The normalized spacial score (nSPS) is 12.0. The van der Waals surface area contributed by atoms with Gasteiger partial charge in [-0.15, -0.1) is 0 Å². The van der Waals surface area contributed by atoms with E-state index in [1.165, 1.54) is 54.7 Å². The number of carboxylic acid groups (broad SMARTS) is 3. The quantitative estimate of drug-likeness (QED) is 0.0769. The first-order valence-electron chi connectivity index (χ1n) is 14.8. The number of rotatable bonds is 15. The van der Waals surface area contributed by atoms with E-state index in [-0.39, 0.29) is 59.0 Å². The topological polar surface area (TPSA) is 314 Å². The minimum absolute atomic E-state index is 0.0256. The number of anilines is 3. The highest BCUT2D eigenvalue weighted by Gasteiger charge is 2.29. The Morgan fingerprint density at radius 1 is 0.780 bits per heavy atom. The van der Waals surface area contributed by atoms with Gasteiger partial charge in [-0.05, 0) is 61.4 Å². The number of nitrogens with two attached hydrogens (primary N) is 2. The van der Waals surface area contributed by atoms with Gasteiger partial charge in [0.05, 0.1) is 18.4 Å². The number of nitrogens with one attached hydrogen (secondary N) is 3. The molecule has 19 nitrogen and oxygen atoms in total. The summed E-state index contributed by atoms with van der Waals surface area (Å²) in [5.41, 5.74) is 11.0. The van der Waals surface area contributed by atoms with Gasteiger partial charge in [0.1, 0.15) is 12.1 Å². The molecule has 2 atom stereocenters. The minimum Gasteiger partial charge on any atom is -0.481 e. The lowest BCUT2D eigenvalue weighted by atomic mass is 10.1. The average molecular weight is 690 g/mol. The van der Waals surface area contributed by atoms with Crippen molar-refractivity contribution in [3.63, 3.8) is 0 Å². The molecule has 0 radical (unpaired) electrons. The molecule has 19 heteroatoms. The molecule has 50 heavy (non-hydrogen) atoms. The van der Waals surface area contributed by atoms with Crippen molar-refractivity contribution in [1.29, 1.82) is 0 Å². The summed E-state index contributed by atoms with van der Waals surface area (Å²) in [7, 11) is 0. The molecule has 0 unspecified atom stereocenters. The smallest absolute Gasteiger partial charge is 0.326 e. The largest absolute Gasteiger partial charge is 0.481 e. The number of H-pyrrole nitrogens is 1. The Balaban J connectivity index is 1.69. The number of carbonyl (C=O) groups is 6. The fraction of sp³-hybridized carbons (Fsp3) is 0.226. The lowest BCUT2D eigenvalue weighted by Crippen LogP contribution is -2.49. The van der Waals surface area contributed by atoms with Crippen molar-refractivity contribution in [3.05, 3.63) is 81.9 Å². The van der Waals surface area contributed by atoms with Crippen molar-refractivity contribution < 1.29 is 44.1 Å². The second-order valence-electron chi connectivity index (χ2n) is 10.8. The maximum Gasteiger partial charge on any atom is 0.326 e. The van der Waals surface area contributed by atoms with Crippen molar-refractivity contribution in [2.75, 3.05) is 16.4 Å². The zero-order valence-corrected chi connectivity index (χ0v) is 26.0. The highest BCUT2D eigenvalue weighted by molar-refractivity contribution is 6.03. The van der Waals surface area contributed by atoms with Crippen molar-refractivity contribution in [2.45, 2.75) is 44.3 Å². The maximum absolute atomic E-state index is 14.2. The van der Waals surface area contributed by atoms with E-state index in [0.717, 1.165) is 4.90 Å². The van der Waals surface area contributed by atoms with Gasteiger partial charge in [0, 0.05) is 35.3 Å². The predicted molar refractivity (Wildman–Crippen MR) is 175 cm³/mol. The number of nitrogen functional groups attached to an aromatic ring is 2. The van der Waals surface area contributed by atoms with Crippen molar-refractivity contribution in [2.24, 2.45) is 0 Å². The molecule has 0 fully saturated rings. The van der Waals surface area contributed by atoms with Gasteiger partial charge in [-0.25, -0.2) is 14.8 Å². The number of aromatic nitrogens is 4. The van der Waals surface area contributed by atoms with E-state index in [9.17, 15) is 43.8 Å². The van der Waals surface area contributed by atoms with Gasteiger partial charge in [0.2, 0.25) is 11.9 Å². The number of aliphatic carboxylic acids is 3. The van der Waals surface area contributed by atoms with Gasteiger partial charge in [-0.1, -0.05) is 0 Å². The minimum atomic E-state index is -1.49. The van der Waals surface area contributed by atoms with Gasteiger partial charge < -0.3 is 47.3 Å². The number of carbonyl (C=O) groups excluding carboxylic acids is 3. The van der Waals surface area contributed by atoms with Crippen molar-refractivity contribution >= 4 is 64.1 Å². The molecular weight excluding hydrogens is 658 g/mol. The highest BCUT2D eigenvalue weighted by atomic mass is 16.4. The number of benzene rings is 2. The first-order valence-corrected chi connectivity index (χ1v) is 14.8. The summed E-state index contributed by atoms with van der Waals surface area (Å²) < 4.78 is 0. The first kappa shape index (κ1) is 35.9. The number of amides is 3. The molecule has 2 aromatic heterocycles. The van der Waals surface area contributed by atoms with Crippen LogP contribution in [0.25, 0.3) is 11.2 Å². The molecule has 0 aliphatic rings. The fourth-order valence-electron chi connectivity index (χ4n) is 4.66. The van der Waals surface area contributed by atoms with Crippen LogP contribution in [0, 0.1) is 0 Å². The van der Waals surface area contributed by atoms with E-state index in [4.69, 9.17) is 16.6 Å². The van der Waals surface area contributed by atoms with Crippen LogP contribution in [0.2, 0.25) is 0 Å². The molecule has 0 spiro atoms. The summed E-state index contributed by atoms with van der Waals surface area (Å²) in [6, 6.07) is 8.10. The van der Waals surface area contributed by atoms with Crippen LogP contribution < -0.4 is 32.6 Å². The van der Waals surface area contributed by atoms with Crippen LogP contribution >= 0.6 is 0 Å². The summed E-state index contributed by atoms with van der Waals surface area (Å²) >= 11 is 0. The van der Waals surface area contributed by atoms with E-state index in [1.54, 1.807) is 0 Å². The number of aromatic amines is 1. The molecule has 0 bridgehead atoms. The van der Waals surface area contributed by atoms with E-state index in [2.05, 4.69) is 30.6 Å². The van der Waals surface area contributed by atoms with Crippen LogP contribution in [0.5, 0.6) is 0 Å². The van der Waals surface area contributed by atoms with Crippen LogP contribution in [-0.2, 0) is 25.7 Å². The monoisotopic (exact) mass is 689 g/mol. The van der Waals surface area contributed by atoms with Crippen LogP contribution in [0.4, 0.5) is 17.3 Å². The number of fused-ring (bicyclic) bond motifs is 1. The lowest BCUT2D eigenvalue weighted by Gasteiger charge is -2.28. The molecule has 0 aliphatic carbocycles. The second-order valence-corrected chi connectivity index (χ2v) is 10.8. The molecule has 0 saturated carbocycles. The number of nitrogens with zero attached hydrogens (tertiary/aromatic N) is 4. The molecule has 3 amide bonds. The second kappa shape index (κ2) is 15.8. The summed E-state index contributed by atoms with van der Waals surface area (Å²) in [5.74, 6) is -6.44. The van der Waals surface area contributed by atoms with Crippen LogP contribution in [0.1, 0.15) is 52.1 Å². The highest BCUT2D eigenvalue weighted by Crippen LogP contribution is 2.21. The standard InChI is InChI=1S/C31H31N9O10/c32-17-5-1-15(2-6-17)26(45)36-20(9-11-22(41)42)29(48)40(14-18-13-34-25-24(35-18)28(47)39-31(33)38-25)19-7-3-16(4-8-19)27(46)37-21(30(49)50)10-12-23(43)44/h1-8,13,20-21H,9-12,14,32H2,(H,36,45)(H,37,46)(H,41,42)(H,43,44)(H,49,50)(H3,33,34,38,39,47)/t20-,21-/m0/s1. The van der Waals surface area contributed by atoms with Gasteiger partial charge in [0.25, 0.3) is 11.8 Å². The third-order valence-electron chi connectivity index (χ3n) is 7.19. The predicted octanol–water partition coefficient (Wildman–Crippen LogP) is 0.122. The number of hydrogen-bond acceptors (Lipinski definition) is 12. The van der Waals surface area contributed by atoms with Crippen LogP contribution in [0.15, 0.2) is 59.5 Å². The zero-order valence-electron chi connectivity index (χ0n) is 26.0. The van der Waals surface area contributed by atoms with Gasteiger partial charge in [0.15, 0.2) is 11.2 Å². The van der Waals surface area contributed by atoms with Gasteiger partial charge in [-0.3, -0.25) is 28.8 Å². The average Bonchev–Trinajstić information content (AvgIpc) is 3.07. The van der Waals surface area contributed by atoms with E-state index < -0.39 is 66.1 Å². The summed E-state index contributed by atoms with van der Waals surface area (Å²) in [4.78, 5) is 102. The van der Waals surface area contributed by atoms with Crippen LogP contribution in [0.3, 0.4) is 0 Å². The van der Waals surface area contributed by atoms with Crippen molar-refractivity contribution in [3.8, 4) is 0 Å². The Morgan fingerprint density at radius 2 is 1.32 bits per heavy atom. The third-order valence-corrected chi connectivity index (χ3v) is 7.19. The fourth-order valence-corrected chi connectivity index (χ4v) is 4.66. The van der Waals surface area contributed by atoms with E-state index >= 15 is 0 Å². The van der Waals surface area contributed by atoms with Gasteiger partial charge in [-0.2, -0.15) is 4.98 Å². The summed E-state index contributed by atoms with van der Waals surface area (Å²) in [5, 5.41) is 32.5. The molecule has 260 valence electrons. The molecule has 0 aliphatic heterocycles. The third kappa shape index (κ3) is 9.33. The van der Waals surface area contributed by atoms with E-state index in [1.807, 2.05) is 0 Å². The first-order chi connectivity index (χ1) is 23.7. The van der Waals surface area contributed by atoms with Crippen LogP contribution in [-0.4, -0.2) is 83.0 Å². The maximum atomic E-state index is 14.2. The molecule has 2 heterocycles. The zero-order chi connectivity index (χ0) is 36.5. The van der Waals surface area contributed by atoms with Gasteiger partial charge >= 0.3 is 23.5 Å². The Kier molecular flexibility index (Phi) is 11.3. The Labute approximate surface area is 281 Å². The summed E-state index contributed by atoms with van der Waals surface area (Å²) in [6.07, 6.45) is -0.448. The lowest BCUT2D eigenvalue weighted by molar-refractivity contribution is -0.141. The Hall–Kier alpha value is -6.92. The Morgan fingerprint density at radius 3 is 1.88 bits per heavy atom. The van der Waals surface area contributed by atoms with Crippen molar-refractivity contribution in [1.82, 2.24) is 30.6 Å².